The van der Waals surface area contributed by atoms with Gasteiger partial charge in [-0.05, 0) is 37.1 Å². The minimum absolute atomic E-state index is 0.469. The molecule has 17 heavy (non-hydrogen) atoms. The predicted molar refractivity (Wildman–Crippen MR) is 72.6 cm³/mol. The second-order valence-corrected chi connectivity index (χ2v) is 5.28. The van der Waals surface area contributed by atoms with Crippen molar-refractivity contribution in [1.29, 1.82) is 0 Å². The topological polar surface area (TPSA) is 44.5 Å². The van der Waals surface area contributed by atoms with Crippen molar-refractivity contribution in [3.63, 3.8) is 0 Å². The molecule has 94 valence electrons. The molecule has 1 unspecified atom stereocenters. The summed E-state index contributed by atoms with van der Waals surface area (Å²) in [5.41, 5.74) is 6.37. The van der Waals surface area contributed by atoms with Gasteiger partial charge in [0.1, 0.15) is 5.75 Å². The van der Waals surface area contributed by atoms with Crippen molar-refractivity contribution in [2.24, 2.45) is 0 Å². The summed E-state index contributed by atoms with van der Waals surface area (Å²) >= 11 is 1.90. The smallest absolute Gasteiger partial charge is 0.119 e. The van der Waals surface area contributed by atoms with Crippen LogP contribution in [0.2, 0.25) is 0 Å². The van der Waals surface area contributed by atoms with Crippen LogP contribution in [0.4, 0.5) is 5.69 Å². The highest BCUT2D eigenvalue weighted by Crippen LogP contribution is 2.17. The van der Waals surface area contributed by atoms with Gasteiger partial charge in [0, 0.05) is 23.8 Å². The van der Waals surface area contributed by atoms with Gasteiger partial charge in [-0.3, -0.25) is 0 Å². The van der Waals surface area contributed by atoms with E-state index in [9.17, 15) is 0 Å². The molecule has 0 radical (unpaired) electrons. The van der Waals surface area contributed by atoms with E-state index in [0.29, 0.717) is 6.10 Å². The molecule has 1 saturated heterocycles. The van der Waals surface area contributed by atoms with E-state index in [0.717, 1.165) is 36.2 Å². The molecule has 0 spiro atoms. The molecule has 1 aromatic rings. The van der Waals surface area contributed by atoms with E-state index in [1.54, 1.807) is 0 Å². The summed E-state index contributed by atoms with van der Waals surface area (Å²) in [6, 6.07) is 7.52. The molecule has 0 aromatic heterocycles. The molecule has 1 aliphatic rings. The fraction of sp³-hybridized carbons (Fsp3) is 0.538. The molecular formula is C13H19NO2S. The van der Waals surface area contributed by atoms with Gasteiger partial charge in [0.25, 0.3) is 0 Å². The van der Waals surface area contributed by atoms with Crippen LogP contribution in [0.15, 0.2) is 24.3 Å². The van der Waals surface area contributed by atoms with Crippen molar-refractivity contribution in [2.45, 2.75) is 18.9 Å². The molecule has 0 amide bonds. The van der Waals surface area contributed by atoms with Gasteiger partial charge >= 0.3 is 0 Å². The normalized spacial score (nSPS) is 19.4. The first-order valence-electron chi connectivity index (χ1n) is 6.02. The minimum atomic E-state index is 0.469. The van der Waals surface area contributed by atoms with E-state index in [1.807, 2.05) is 36.0 Å². The Morgan fingerprint density at radius 1 is 1.35 bits per heavy atom. The lowest BCUT2D eigenvalue weighted by molar-refractivity contribution is 0.129. The molecule has 0 bridgehead atoms. The maximum Gasteiger partial charge on any atom is 0.119 e. The lowest BCUT2D eigenvalue weighted by Gasteiger charge is -2.09. The van der Waals surface area contributed by atoms with Crippen LogP contribution >= 0.6 is 11.8 Å². The Morgan fingerprint density at radius 2 is 2.18 bits per heavy atom. The molecule has 2 rings (SSSR count). The van der Waals surface area contributed by atoms with Gasteiger partial charge in [0.2, 0.25) is 0 Å². The second kappa shape index (κ2) is 6.77. The zero-order chi connectivity index (χ0) is 11.9. The number of nitrogens with two attached hydrogens (primary N) is 1. The van der Waals surface area contributed by atoms with Crippen molar-refractivity contribution in [1.82, 2.24) is 0 Å². The van der Waals surface area contributed by atoms with Crippen LogP contribution in [0.5, 0.6) is 5.75 Å². The Hall–Kier alpha value is -0.870. The lowest BCUT2D eigenvalue weighted by Crippen LogP contribution is -2.10. The number of ether oxygens (including phenoxy) is 2. The van der Waals surface area contributed by atoms with Gasteiger partial charge in [-0.25, -0.2) is 0 Å². The highest BCUT2D eigenvalue weighted by Gasteiger charge is 2.14. The molecule has 2 N–H and O–H groups in total. The highest BCUT2D eigenvalue weighted by molar-refractivity contribution is 7.99. The molecule has 0 aliphatic carbocycles. The fourth-order valence-corrected chi connectivity index (χ4v) is 2.67. The average Bonchev–Trinajstić information content (AvgIpc) is 2.84. The van der Waals surface area contributed by atoms with Gasteiger partial charge in [0.05, 0.1) is 12.7 Å². The molecule has 4 heteroatoms. The van der Waals surface area contributed by atoms with E-state index in [2.05, 4.69) is 0 Å². The lowest BCUT2D eigenvalue weighted by atomic mass is 10.3. The van der Waals surface area contributed by atoms with Crippen molar-refractivity contribution in [3.05, 3.63) is 24.3 Å². The van der Waals surface area contributed by atoms with Crippen LogP contribution in [-0.2, 0) is 4.74 Å². The maximum atomic E-state index is 5.61. The number of rotatable bonds is 6. The van der Waals surface area contributed by atoms with Gasteiger partial charge in [0.15, 0.2) is 0 Å². The molecule has 1 heterocycles. The zero-order valence-corrected chi connectivity index (χ0v) is 10.7. The second-order valence-electron chi connectivity index (χ2n) is 4.13. The third-order valence-corrected chi connectivity index (χ3v) is 3.77. The summed E-state index contributed by atoms with van der Waals surface area (Å²) in [5.74, 6) is 2.98. The molecule has 1 fully saturated rings. The summed E-state index contributed by atoms with van der Waals surface area (Å²) in [4.78, 5) is 0. The maximum absolute atomic E-state index is 5.61. The molecule has 1 atom stereocenters. The number of anilines is 1. The molecule has 1 aliphatic heterocycles. The van der Waals surface area contributed by atoms with Gasteiger partial charge < -0.3 is 15.2 Å². The van der Waals surface area contributed by atoms with Gasteiger partial charge in [-0.2, -0.15) is 11.8 Å². The van der Waals surface area contributed by atoms with Crippen LogP contribution in [0.1, 0.15) is 12.8 Å². The molecular weight excluding hydrogens is 234 g/mol. The van der Waals surface area contributed by atoms with E-state index >= 15 is 0 Å². The van der Waals surface area contributed by atoms with Crippen molar-refractivity contribution in [2.75, 3.05) is 30.5 Å². The van der Waals surface area contributed by atoms with Crippen LogP contribution < -0.4 is 10.5 Å². The molecule has 3 nitrogen and oxygen atoms in total. The van der Waals surface area contributed by atoms with Crippen LogP contribution in [0.3, 0.4) is 0 Å². The summed E-state index contributed by atoms with van der Waals surface area (Å²) < 4.78 is 11.2. The zero-order valence-electron chi connectivity index (χ0n) is 9.93. The Labute approximate surface area is 107 Å². The summed E-state index contributed by atoms with van der Waals surface area (Å²) in [6.45, 7) is 1.68. The monoisotopic (exact) mass is 253 g/mol. The number of nitrogen functional groups attached to an aromatic ring is 1. The van der Waals surface area contributed by atoms with E-state index in [4.69, 9.17) is 15.2 Å². The Kier molecular flexibility index (Phi) is 5.01. The number of hydrogen-bond acceptors (Lipinski definition) is 4. The summed E-state index contributed by atoms with van der Waals surface area (Å²) in [5, 5.41) is 0. The summed E-state index contributed by atoms with van der Waals surface area (Å²) in [6.07, 6.45) is 2.90. The van der Waals surface area contributed by atoms with Crippen molar-refractivity contribution < 1.29 is 9.47 Å². The Balaban J connectivity index is 1.55. The van der Waals surface area contributed by atoms with Crippen LogP contribution in [0.25, 0.3) is 0 Å². The standard InChI is InChI=1S/C13H19NO2S/c14-11-3-5-12(6-4-11)16-8-9-17-10-13-2-1-7-15-13/h3-6,13H,1-2,7-10,14H2. The van der Waals surface area contributed by atoms with Gasteiger partial charge in [-0.1, -0.05) is 0 Å². The number of benzene rings is 1. The fourth-order valence-electron chi connectivity index (χ4n) is 1.77. The van der Waals surface area contributed by atoms with Gasteiger partial charge in [-0.15, -0.1) is 0 Å². The molecule has 0 saturated carbocycles. The Bertz CT molecular complexity index is 323. The molecule has 1 aromatic carbocycles. The number of thioether (sulfide) groups is 1. The first-order valence-corrected chi connectivity index (χ1v) is 7.18. The number of hydrogen-bond donors (Lipinski definition) is 1. The quantitative estimate of drug-likeness (QED) is 0.625. The first kappa shape index (κ1) is 12.6. The first-order chi connectivity index (χ1) is 8.34. The van der Waals surface area contributed by atoms with E-state index < -0.39 is 0 Å². The van der Waals surface area contributed by atoms with E-state index in [-0.39, 0.29) is 0 Å². The van der Waals surface area contributed by atoms with Crippen molar-refractivity contribution >= 4 is 17.4 Å². The largest absolute Gasteiger partial charge is 0.493 e. The van der Waals surface area contributed by atoms with Crippen LogP contribution in [0, 0.1) is 0 Å². The summed E-state index contributed by atoms with van der Waals surface area (Å²) in [7, 11) is 0. The van der Waals surface area contributed by atoms with Crippen LogP contribution in [-0.4, -0.2) is 30.8 Å². The van der Waals surface area contributed by atoms with E-state index in [1.165, 1.54) is 12.8 Å². The van der Waals surface area contributed by atoms with Crippen molar-refractivity contribution in [3.8, 4) is 5.75 Å². The highest BCUT2D eigenvalue weighted by atomic mass is 32.2. The SMILES string of the molecule is Nc1ccc(OCCSCC2CCCO2)cc1. The Morgan fingerprint density at radius 3 is 2.88 bits per heavy atom. The third-order valence-electron chi connectivity index (χ3n) is 2.70. The predicted octanol–water partition coefficient (Wildman–Crippen LogP) is 2.56. The third kappa shape index (κ3) is 4.48. The average molecular weight is 253 g/mol. The minimum Gasteiger partial charge on any atom is -0.493 e.